The van der Waals surface area contributed by atoms with Gasteiger partial charge in [0, 0.05) is 11.1 Å². The molecule has 0 amide bonds. The first kappa shape index (κ1) is 17.2. The minimum atomic E-state index is -1.98. The Bertz CT molecular complexity index is 675. The van der Waals surface area contributed by atoms with Crippen molar-refractivity contribution in [1.82, 2.24) is 0 Å². The standard InChI is InChI=1S/C20H24O2Si/c1-5-18(20(21)22-2)19(16-12-8-6-9-13-16)23(3,4)17-14-10-7-11-15-17/h5-15,19H,1-4H3/b18-5+/t19-/m0/s1. The number of esters is 1. The second-order valence-corrected chi connectivity index (χ2v) is 10.8. The van der Waals surface area contributed by atoms with E-state index in [2.05, 4.69) is 49.5 Å². The highest BCUT2D eigenvalue weighted by Crippen LogP contribution is 2.34. The van der Waals surface area contributed by atoms with Gasteiger partial charge in [0.05, 0.1) is 15.2 Å². The molecule has 0 aliphatic heterocycles. The maximum atomic E-state index is 12.4. The van der Waals surface area contributed by atoms with Gasteiger partial charge in [0.15, 0.2) is 0 Å². The molecular formula is C20H24O2Si. The maximum absolute atomic E-state index is 12.4. The van der Waals surface area contributed by atoms with Gasteiger partial charge in [0.2, 0.25) is 0 Å². The molecule has 2 aromatic carbocycles. The molecule has 120 valence electrons. The maximum Gasteiger partial charge on any atom is 0.333 e. The highest BCUT2D eigenvalue weighted by molar-refractivity contribution is 6.91. The largest absolute Gasteiger partial charge is 0.466 e. The third kappa shape index (κ3) is 3.62. The summed E-state index contributed by atoms with van der Waals surface area (Å²) in [5, 5.41) is 1.33. The molecule has 0 radical (unpaired) electrons. The van der Waals surface area contributed by atoms with Crippen molar-refractivity contribution in [3.05, 3.63) is 77.9 Å². The Hall–Kier alpha value is -2.13. The van der Waals surface area contributed by atoms with Crippen LogP contribution in [0.3, 0.4) is 0 Å². The van der Waals surface area contributed by atoms with E-state index in [0.29, 0.717) is 0 Å². The van der Waals surface area contributed by atoms with Crippen LogP contribution in [0.15, 0.2) is 72.3 Å². The average molecular weight is 324 g/mol. The fourth-order valence-corrected chi connectivity index (χ4v) is 6.66. The number of hydrogen-bond acceptors (Lipinski definition) is 2. The third-order valence-corrected chi connectivity index (χ3v) is 8.32. The van der Waals surface area contributed by atoms with Crippen LogP contribution in [0.1, 0.15) is 18.0 Å². The number of benzene rings is 2. The van der Waals surface area contributed by atoms with Crippen molar-refractivity contribution in [3.63, 3.8) is 0 Å². The van der Waals surface area contributed by atoms with Crippen LogP contribution in [-0.2, 0) is 9.53 Å². The lowest BCUT2D eigenvalue weighted by Crippen LogP contribution is -2.49. The van der Waals surface area contributed by atoms with E-state index in [9.17, 15) is 4.79 Å². The van der Waals surface area contributed by atoms with E-state index in [1.54, 1.807) is 0 Å². The van der Waals surface area contributed by atoms with E-state index in [-0.39, 0.29) is 11.5 Å². The minimum absolute atomic E-state index is 0.0588. The van der Waals surface area contributed by atoms with E-state index < -0.39 is 8.07 Å². The monoisotopic (exact) mass is 324 g/mol. The third-order valence-electron chi connectivity index (χ3n) is 4.42. The van der Waals surface area contributed by atoms with Gasteiger partial charge < -0.3 is 4.74 Å². The minimum Gasteiger partial charge on any atom is -0.466 e. The quantitative estimate of drug-likeness (QED) is 0.471. The Labute approximate surface area is 139 Å². The molecule has 0 saturated carbocycles. The van der Waals surface area contributed by atoms with E-state index in [4.69, 9.17) is 4.74 Å². The van der Waals surface area contributed by atoms with Crippen molar-refractivity contribution in [1.29, 1.82) is 0 Å². The number of ether oxygens (including phenoxy) is 1. The molecule has 2 aromatic rings. The van der Waals surface area contributed by atoms with Crippen LogP contribution in [0.2, 0.25) is 13.1 Å². The van der Waals surface area contributed by atoms with Gasteiger partial charge in [0.1, 0.15) is 0 Å². The number of carbonyl (C=O) groups excluding carboxylic acids is 1. The van der Waals surface area contributed by atoms with Gasteiger partial charge in [-0.1, -0.05) is 85.0 Å². The predicted molar refractivity (Wildman–Crippen MR) is 98.5 cm³/mol. The molecule has 0 unspecified atom stereocenters. The zero-order valence-corrected chi connectivity index (χ0v) is 15.2. The van der Waals surface area contributed by atoms with Crippen LogP contribution in [-0.4, -0.2) is 21.2 Å². The highest BCUT2D eigenvalue weighted by atomic mass is 28.3. The number of carbonyl (C=O) groups is 1. The Morgan fingerprint density at radius 1 is 1.00 bits per heavy atom. The van der Waals surface area contributed by atoms with Gasteiger partial charge in [0.25, 0.3) is 0 Å². The first-order valence-electron chi connectivity index (χ1n) is 7.87. The van der Waals surface area contributed by atoms with Crippen LogP contribution in [0.5, 0.6) is 0 Å². The first-order chi connectivity index (χ1) is 11.0. The summed E-state index contributed by atoms with van der Waals surface area (Å²) in [5.74, 6) is -0.238. The van der Waals surface area contributed by atoms with E-state index >= 15 is 0 Å². The van der Waals surface area contributed by atoms with E-state index in [1.807, 2.05) is 37.3 Å². The summed E-state index contributed by atoms with van der Waals surface area (Å²) in [6.07, 6.45) is 1.90. The van der Waals surface area contributed by atoms with Gasteiger partial charge in [-0.25, -0.2) is 4.79 Å². The predicted octanol–water partition coefficient (Wildman–Crippen LogP) is 4.04. The van der Waals surface area contributed by atoms with Crippen molar-refractivity contribution in [2.45, 2.75) is 25.6 Å². The van der Waals surface area contributed by atoms with Crippen molar-refractivity contribution < 1.29 is 9.53 Å². The molecule has 0 bridgehead atoms. The second-order valence-electron chi connectivity index (χ2n) is 6.17. The SMILES string of the molecule is C/C=C(/C(=O)OC)[C@H](c1ccccc1)[Si](C)(C)c1ccccc1. The summed E-state index contributed by atoms with van der Waals surface area (Å²) in [4.78, 5) is 12.4. The van der Waals surface area contributed by atoms with Crippen molar-refractivity contribution >= 4 is 19.2 Å². The molecule has 0 aliphatic rings. The number of methoxy groups -OCH3 is 1. The van der Waals surface area contributed by atoms with Crippen LogP contribution in [0, 0.1) is 0 Å². The zero-order chi connectivity index (χ0) is 16.9. The molecule has 2 rings (SSSR count). The number of rotatable bonds is 5. The normalized spacial score (nSPS) is 13.5. The Morgan fingerprint density at radius 3 is 2.00 bits per heavy atom. The Balaban J connectivity index is 2.61. The second kappa shape index (κ2) is 7.42. The van der Waals surface area contributed by atoms with Gasteiger partial charge >= 0.3 is 5.97 Å². The molecule has 0 fully saturated rings. The molecule has 0 saturated heterocycles. The summed E-state index contributed by atoms with van der Waals surface area (Å²) < 4.78 is 5.05. The van der Waals surface area contributed by atoms with Crippen LogP contribution < -0.4 is 5.19 Å². The zero-order valence-electron chi connectivity index (χ0n) is 14.2. The van der Waals surface area contributed by atoms with Gasteiger partial charge in [-0.15, -0.1) is 0 Å². The topological polar surface area (TPSA) is 26.3 Å². The molecule has 3 heteroatoms. The molecule has 0 spiro atoms. The van der Waals surface area contributed by atoms with Crippen LogP contribution >= 0.6 is 0 Å². The lowest BCUT2D eigenvalue weighted by Gasteiger charge is -2.34. The lowest BCUT2D eigenvalue weighted by atomic mass is 10.0. The summed E-state index contributed by atoms with van der Waals surface area (Å²) in [6, 6.07) is 20.8. The van der Waals surface area contributed by atoms with Gasteiger partial charge in [-0.05, 0) is 12.5 Å². The average Bonchev–Trinajstić information content (AvgIpc) is 2.60. The fourth-order valence-electron chi connectivity index (χ4n) is 3.19. The molecule has 0 aliphatic carbocycles. The van der Waals surface area contributed by atoms with Crippen LogP contribution in [0.4, 0.5) is 0 Å². The summed E-state index contributed by atoms with van der Waals surface area (Å²) >= 11 is 0. The molecule has 1 atom stereocenters. The van der Waals surface area contributed by atoms with E-state index in [0.717, 1.165) is 5.57 Å². The van der Waals surface area contributed by atoms with Gasteiger partial charge in [-0.2, -0.15) is 0 Å². The molecule has 0 N–H and O–H groups in total. The fraction of sp³-hybridized carbons (Fsp3) is 0.250. The molecule has 23 heavy (non-hydrogen) atoms. The van der Waals surface area contributed by atoms with Crippen molar-refractivity contribution in [2.75, 3.05) is 7.11 Å². The molecule has 0 aromatic heterocycles. The van der Waals surface area contributed by atoms with Gasteiger partial charge in [-0.3, -0.25) is 0 Å². The van der Waals surface area contributed by atoms with Crippen molar-refractivity contribution in [3.8, 4) is 0 Å². The van der Waals surface area contributed by atoms with Crippen LogP contribution in [0.25, 0.3) is 0 Å². The molecular weight excluding hydrogens is 300 g/mol. The number of allylic oxidation sites excluding steroid dienone is 1. The Kier molecular flexibility index (Phi) is 5.56. The number of hydrogen-bond donors (Lipinski definition) is 0. The van der Waals surface area contributed by atoms with E-state index in [1.165, 1.54) is 17.9 Å². The molecule has 0 heterocycles. The first-order valence-corrected chi connectivity index (χ1v) is 10.9. The summed E-state index contributed by atoms with van der Waals surface area (Å²) in [7, 11) is -0.533. The lowest BCUT2D eigenvalue weighted by molar-refractivity contribution is -0.136. The summed E-state index contributed by atoms with van der Waals surface area (Å²) in [6.45, 7) is 6.54. The smallest absolute Gasteiger partial charge is 0.333 e. The van der Waals surface area contributed by atoms with Crippen molar-refractivity contribution in [2.24, 2.45) is 0 Å². The molecule has 2 nitrogen and oxygen atoms in total. The summed E-state index contributed by atoms with van der Waals surface area (Å²) in [5.41, 5.74) is 1.98. The highest BCUT2D eigenvalue weighted by Gasteiger charge is 2.39. The Morgan fingerprint density at radius 2 is 1.52 bits per heavy atom.